The van der Waals surface area contributed by atoms with Gasteiger partial charge in [-0.3, -0.25) is 4.79 Å². The Hall–Kier alpha value is -3.63. The molecule has 1 N–H and O–H groups in total. The SMILES string of the molecule is COc1cc2c(cc1OC)[C@H](C)N(C(=O)c1cc3n(n1)[C@H](C(F)(F)F)C[C@@H](c1ccco1)N3)CC2. The second-order valence-electron chi connectivity index (χ2n) is 8.70. The lowest BCUT2D eigenvalue weighted by Gasteiger charge is -2.35. The Morgan fingerprint density at radius 1 is 1.20 bits per heavy atom. The number of amides is 1. The molecule has 2 aliphatic rings. The molecule has 0 saturated carbocycles. The van der Waals surface area contributed by atoms with E-state index in [1.807, 2.05) is 19.1 Å². The Bertz CT molecular complexity index is 1240. The number of anilines is 1. The van der Waals surface area contributed by atoms with Gasteiger partial charge in [0.05, 0.1) is 32.6 Å². The first-order valence-corrected chi connectivity index (χ1v) is 11.2. The van der Waals surface area contributed by atoms with Gasteiger partial charge in [-0.05, 0) is 48.7 Å². The largest absolute Gasteiger partial charge is 0.493 e. The van der Waals surface area contributed by atoms with E-state index < -0.39 is 24.2 Å². The van der Waals surface area contributed by atoms with Crippen molar-refractivity contribution in [2.24, 2.45) is 0 Å². The molecule has 0 radical (unpaired) electrons. The summed E-state index contributed by atoms with van der Waals surface area (Å²) in [6, 6.07) is 5.47. The number of benzene rings is 1. The zero-order valence-corrected chi connectivity index (χ0v) is 19.4. The van der Waals surface area contributed by atoms with Crippen molar-refractivity contribution in [1.82, 2.24) is 14.7 Å². The van der Waals surface area contributed by atoms with Gasteiger partial charge in [0.15, 0.2) is 23.2 Å². The topological polar surface area (TPSA) is 81.8 Å². The van der Waals surface area contributed by atoms with Gasteiger partial charge in [0.25, 0.3) is 5.91 Å². The van der Waals surface area contributed by atoms with E-state index in [0.29, 0.717) is 30.2 Å². The number of nitrogens with one attached hydrogen (secondary N) is 1. The predicted octanol–water partition coefficient (Wildman–Crippen LogP) is 4.91. The quantitative estimate of drug-likeness (QED) is 0.560. The third-order valence-electron chi connectivity index (χ3n) is 6.74. The fourth-order valence-corrected chi connectivity index (χ4v) is 4.92. The molecule has 2 aromatic heterocycles. The molecule has 0 saturated heterocycles. The molecule has 0 unspecified atom stereocenters. The molecule has 5 rings (SSSR count). The lowest BCUT2D eigenvalue weighted by Crippen LogP contribution is -2.39. The van der Waals surface area contributed by atoms with Crippen LogP contribution in [0.4, 0.5) is 19.0 Å². The number of halogens is 3. The second-order valence-corrected chi connectivity index (χ2v) is 8.70. The van der Waals surface area contributed by atoms with E-state index in [1.165, 1.54) is 19.4 Å². The summed E-state index contributed by atoms with van der Waals surface area (Å²) in [5.74, 6) is 1.24. The Balaban J connectivity index is 1.46. The summed E-state index contributed by atoms with van der Waals surface area (Å²) >= 11 is 0. The van der Waals surface area contributed by atoms with Crippen LogP contribution in [0.3, 0.4) is 0 Å². The lowest BCUT2D eigenvalue weighted by molar-refractivity contribution is -0.174. The molecule has 2 aliphatic heterocycles. The fourth-order valence-electron chi connectivity index (χ4n) is 4.92. The highest BCUT2D eigenvalue weighted by Gasteiger charge is 2.47. The first kappa shape index (κ1) is 23.1. The van der Waals surface area contributed by atoms with E-state index in [2.05, 4.69) is 10.4 Å². The summed E-state index contributed by atoms with van der Waals surface area (Å²) in [5.41, 5.74) is 1.89. The van der Waals surface area contributed by atoms with Crippen molar-refractivity contribution < 1.29 is 31.9 Å². The summed E-state index contributed by atoms with van der Waals surface area (Å²) in [4.78, 5) is 15.1. The molecule has 8 nitrogen and oxygen atoms in total. The Kier molecular flexibility index (Phi) is 5.65. The lowest BCUT2D eigenvalue weighted by atomic mass is 9.92. The number of carbonyl (C=O) groups excluding carboxylic acids is 1. The third-order valence-corrected chi connectivity index (χ3v) is 6.74. The highest BCUT2D eigenvalue weighted by atomic mass is 19.4. The normalized spacial score (nSPS) is 21.7. The zero-order valence-electron chi connectivity index (χ0n) is 19.4. The number of methoxy groups -OCH3 is 2. The number of fused-ring (bicyclic) bond motifs is 2. The summed E-state index contributed by atoms with van der Waals surface area (Å²) in [7, 11) is 3.10. The van der Waals surface area contributed by atoms with Gasteiger partial charge in [-0.2, -0.15) is 18.3 Å². The van der Waals surface area contributed by atoms with Crippen molar-refractivity contribution in [2.45, 2.75) is 44.1 Å². The first-order valence-electron chi connectivity index (χ1n) is 11.2. The van der Waals surface area contributed by atoms with Crippen LogP contribution < -0.4 is 14.8 Å². The Morgan fingerprint density at radius 2 is 1.94 bits per heavy atom. The minimum atomic E-state index is -4.54. The number of hydrogen-bond acceptors (Lipinski definition) is 6. The van der Waals surface area contributed by atoms with Crippen LogP contribution >= 0.6 is 0 Å². The standard InChI is InChI=1S/C24H25F3N4O4/c1-13-15-10-20(34-3)19(33-2)9-14(15)6-7-30(13)23(32)17-12-22-28-16(18-5-4-8-35-18)11-21(24(25,26)27)31(22)29-17/h4-5,8-10,12-13,16,21,28H,6-7,11H2,1-3H3/t13-,16-,21-/m0/s1. The van der Waals surface area contributed by atoms with E-state index in [-0.39, 0.29) is 24.0 Å². The highest BCUT2D eigenvalue weighted by molar-refractivity contribution is 5.93. The van der Waals surface area contributed by atoms with Crippen molar-refractivity contribution in [3.05, 3.63) is 59.2 Å². The van der Waals surface area contributed by atoms with Gasteiger partial charge in [-0.25, -0.2) is 4.68 Å². The summed E-state index contributed by atoms with van der Waals surface area (Å²) in [6.07, 6.45) is -2.85. The van der Waals surface area contributed by atoms with Crippen LogP contribution in [-0.4, -0.2) is 47.5 Å². The molecule has 0 fully saturated rings. The van der Waals surface area contributed by atoms with Gasteiger partial charge in [-0.15, -0.1) is 0 Å². The number of nitrogens with zero attached hydrogens (tertiary/aromatic N) is 3. The van der Waals surface area contributed by atoms with Crippen LogP contribution in [0.1, 0.15) is 58.8 Å². The maximum Gasteiger partial charge on any atom is 0.410 e. The molecule has 0 spiro atoms. The van der Waals surface area contributed by atoms with E-state index >= 15 is 0 Å². The van der Waals surface area contributed by atoms with Crippen LogP contribution in [0, 0.1) is 0 Å². The average molecular weight is 490 g/mol. The van der Waals surface area contributed by atoms with Crippen molar-refractivity contribution in [2.75, 3.05) is 26.1 Å². The predicted molar refractivity (Wildman–Crippen MR) is 120 cm³/mol. The van der Waals surface area contributed by atoms with Crippen molar-refractivity contribution in [3.8, 4) is 11.5 Å². The van der Waals surface area contributed by atoms with Crippen LogP contribution in [0.2, 0.25) is 0 Å². The molecule has 0 aliphatic carbocycles. The minimum absolute atomic E-state index is 0.0439. The van der Waals surface area contributed by atoms with Gasteiger partial charge < -0.3 is 24.1 Å². The average Bonchev–Trinajstić information content (AvgIpc) is 3.52. The van der Waals surface area contributed by atoms with Crippen LogP contribution in [0.25, 0.3) is 0 Å². The summed E-state index contributed by atoms with van der Waals surface area (Å²) in [6.45, 7) is 2.28. The molecule has 1 amide bonds. The maximum atomic E-state index is 13.9. The van der Waals surface area contributed by atoms with Crippen LogP contribution in [0.15, 0.2) is 41.0 Å². The number of ether oxygens (including phenoxy) is 2. The molecule has 1 aromatic carbocycles. The van der Waals surface area contributed by atoms with E-state index in [4.69, 9.17) is 13.9 Å². The van der Waals surface area contributed by atoms with Gasteiger partial charge in [0.1, 0.15) is 11.6 Å². The van der Waals surface area contributed by atoms with Crippen LogP contribution in [0.5, 0.6) is 11.5 Å². The van der Waals surface area contributed by atoms with Gasteiger partial charge >= 0.3 is 6.18 Å². The third kappa shape index (κ3) is 3.98. The molecule has 0 bridgehead atoms. The fraction of sp³-hybridized carbons (Fsp3) is 0.417. The summed E-state index contributed by atoms with van der Waals surface area (Å²) < 4.78 is 58.7. The molecule has 186 valence electrons. The second kappa shape index (κ2) is 8.54. The minimum Gasteiger partial charge on any atom is -0.493 e. The number of aromatic nitrogens is 2. The molecule has 11 heteroatoms. The highest BCUT2D eigenvalue weighted by Crippen LogP contribution is 2.44. The van der Waals surface area contributed by atoms with Gasteiger partial charge in [0.2, 0.25) is 0 Å². The zero-order chi connectivity index (χ0) is 24.9. The molecule has 3 atom stereocenters. The van der Waals surface area contributed by atoms with Crippen LogP contribution in [-0.2, 0) is 6.42 Å². The molecule has 4 heterocycles. The number of hydrogen-bond donors (Lipinski definition) is 1. The molecule has 35 heavy (non-hydrogen) atoms. The smallest absolute Gasteiger partial charge is 0.410 e. The monoisotopic (exact) mass is 490 g/mol. The van der Waals surface area contributed by atoms with Crippen molar-refractivity contribution in [1.29, 1.82) is 0 Å². The van der Waals surface area contributed by atoms with Crippen molar-refractivity contribution >= 4 is 11.7 Å². The first-order chi connectivity index (χ1) is 16.7. The summed E-state index contributed by atoms with van der Waals surface area (Å²) in [5, 5.41) is 7.15. The van der Waals surface area contributed by atoms with E-state index in [0.717, 1.165) is 15.8 Å². The number of alkyl halides is 3. The van der Waals surface area contributed by atoms with Gasteiger partial charge in [0, 0.05) is 19.0 Å². The molecular formula is C24H25F3N4O4. The Labute approximate surface area is 199 Å². The molecular weight excluding hydrogens is 465 g/mol. The number of rotatable bonds is 4. The maximum absolute atomic E-state index is 13.9. The van der Waals surface area contributed by atoms with Crippen molar-refractivity contribution in [3.63, 3.8) is 0 Å². The van der Waals surface area contributed by atoms with E-state index in [9.17, 15) is 18.0 Å². The number of furan rings is 1. The Morgan fingerprint density at radius 3 is 2.60 bits per heavy atom. The van der Waals surface area contributed by atoms with E-state index in [1.54, 1.807) is 24.1 Å². The van der Waals surface area contributed by atoms with Gasteiger partial charge in [-0.1, -0.05) is 0 Å². The molecule has 3 aromatic rings. The number of carbonyl (C=O) groups is 1.